The lowest BCUT2D eigenvalue weighted by Gasteiger charge is -2.41. The molecule has 0 radical (unpaired) electrons. The second kappa shape index (κ2) is 9.70. The van der Waals surface area contributed by atoms with Crippen LogP contribution in [-0.4, -0.2) is 107 Å². The van der Waals surface area contributed by atoms with Crippen molar-refractivity contribution in [2.24, 2.45) is 0 Å². The number of rotatable bonds is 2. The van der Waals surface area contributed by atoms with Gasteiger partial charge in [-0.3, -0.25) is 4.79 Å². The Kier molecular flexibility index (Phi) is 6.71. The Balaban J connectivity index is 1.70. The minimum Gasteiger partial charge on any atom is -0.506 e. The molecule has 0 bridgehead atoms. The number of aromatic nitrogens is 1. The lowest BCUT2D eigenvalue weighted by atomic mass is 10.0. The highest BCUT2D eigenvalue weighted by Crippen LogP contribution is 2.47. The van der Waals surface area contributed by atoms with E-state index in [0.29, 0.717) is 19.6 Å². The molecule has 4 heterocycles. The molecule has 37 heavy (non-hydrogen) atoms. The molecule has 1 aromatic carbocycles. The van der Waals surface area contributed by atoms with Crippen LogP contribution in [0, 0.1) is 5.82 Å². The molecule has 2 fully saturated rings. The largest absolute Gasteiger partial charge is 0.506 e. The van der Waals surface area contributed by atoms with Gasteiger partial charge in [-0.15, -0.1) is 0 Å². The maximum absolute atomic E-state index is 15.0. The molecular formula is C24H26Cl2FN5O5. The maximum Gasteiger partial charge on any atom is 0.407 e. The first-order valence-corrected chi connectivity index (χ1v) is 12.6. The molecule has 2 aromatic rings. The van der Waals surface area contributed by atoms with Crippen LogP contribution in [-0.2, 0) is 0 Å². The van der Waals surface area contributed by atoms with Crippen LogP contribution in [0.15, 0.2) is 12.1 Å². The van der Waals surface area contributed by atoms with E-state index in [-0.39, 0.29) is 76.6 Å². The van der Waals surface area contributed by atoms with Crippen LogP contribution in [0.3, 0.4) is 0 Å². The predicted octanol–water partition coefficient (Wildman–Crippen LogP) is 3.24. The number of pyridine rings is 1. The number of hydrogen-bond acceptors (Lipinski definition) is 7. The number of aromatic hydroxyl groups is 1. The average molecular weight is 554 g/mol. The summed E-state index contributed by atoms with van der Waals surface area (Å²) in [5, 5.41) is 19.9. The molecule has 1 aromatic heterocycles. The zero-order chi connectivity index (χ0) is 26.6. The van der Waals surface area contributed by atoms with Crippen molar-refractivity contribution in [3.05, 3.63) is 33.6 Å². The van der Waals surface area contributed by atoms with E-state index in [1.807, 2.05) is 18.9 Å². The van der Waals surface area contributed by atoms with E-state index in [4.69, 9.17) is 27.9 Å². The topological polar surface area (TPSA) is 110 Å². The van der Waals surface area contributed by atoms with Crippen molar-refractivity contribution in [3.63, 3.8) is 0 Å². The summed E-state index contributed by atoms with van der Waals surface area (Å²) in [7, 11) is 2.00. The number of anilines is 1. The van der Waals surface area contributed by atoms with Gasteiger partial charge >= 0.3 is 6.09 Å². The molecule has 0 spiro atoms. The highest BCUT2D eigenvalue weighted by Gasteiger charge is 2.42. The number of piperazine rings is 2. The zero-order valence-corrected chi connectivity index (χ0v) is 21.8. The lowest BCUT2D eigenvalue weighted by molar-refractivity contribution is 0.0390. The molecule has 2 saturated heterocycles. The number of fused-ring (bicyclic) bond motifs is 2. The third-order valence-electron chi connectivity index (χ3n) is 7.14. The SMILES string of the molecule is CC1CN(C)CCN1c1nc(-c2c(F)ccc(Cl)c2O)c(Cl)c2c1C(=O)N1CCN(C(=O)O)C[C@@H]1CO2. The molecule has 10 nitrogen and oxygen atoms in total. The van der Waals surface area contributed by atoms with E-state index in [0.717, 1.165) is 6.07 Å². The summed E-state index contributed by atoms with van der Waals surface area (Å²) in [5.41, 5.74) is -0.254. The summed E-state index contributed by atoms with van der Waals surface area (Å²) in [5.74, 6) is -1.42. The van der Waals surface area contributed by atoms with Crippen LogP contribution in [0.5, 0.6) is 11.5 Å². The van der Waals surface area contributed by atoms with Crippen LogP contribution < -0.4 is 9.64 Å². The van der Waals surface area contributed by atoms with Crippen molar-refractivity contribution < 1.29 is 28.9 Å². The number of carboxylic acid groups (broad SMARTS) is 1. The molecule has 5 rings (SSSR count). The second-order valence-corrected chi connectivity index (χ2v) is 10.3. The smallest absolute Gasteiger partial charge is 0.407 e. The number of carbonyl (C=O) groups excluding carboxylic acids is 1. The van der Waals surface area contributed by atoms with Crippen LogP contribution in [0.25, 0.3) is 11.3 Å². The number of phenolic OH excluding ortho intramolecular Hbond substituents is 1. The van der Waals surface area contributed by atoms with Gasteiger partial charge in [0.15, 0.2) is 5.75 Å². The minimum absolute atomic E-state index is 0.0204. The molecule has 0 saturated carbocycles. The Morgan fingerprint density at radius 2 is 1.86 bits per heavy atom. The van der Waals surface area contributed by atoms with E-state index >= 15 is 4.39 Å². The third kappa shape index (κ3) is 4.38. The van der Waals surface area contributed by atoms with Crippen molar-refractivity contribution in [2.75, 3.05) is 57.8 Å². The number of ether oxygens (including phenoxy) is 1. The minimum atomic E-state index is -1.07. The maximum atomic E-state index is 15.0. The Hall–Kier alpha value is -3.02. The Morgan fingerprint density at radius 3 is 2.57 bits per heavy atom. The predicted molar refractivity (Wildman–Crippen MR) is 136 cm³/mol. The highest BCUT2D eigenvalue weighted by molar-refractivity contribution is 6.36. The van der Waals surface area contributed by atoms with E-state index in [1.165, 1.54) is 11.0 Å². The number of carbonyl (C=O) groups is 2. The monoisotopic (exact) mass is 553 g/mol. The van der Waals surface area contributed by atoms with Crippen molar-refractivity contribution in [3.8, 4) is 22.8 Å². The van der Waals surface area contributed by atoms with E-state index in [9.17, 15) is 19.8 Å². The summed E-state index contributed by atoms with van der Waals surface area (Å²) >= 11 is 12.8. The Morgan fingerprint density at radius 1 is 1.14 bits per heavy atom. The first-order chi connectivity index (χ1) is 17.6. The zero-order valence-electron chi connectivity index (χ0n) is 20.2. The van der Waals surface area contributed by atoms with Gasteiger partial charge in [0.05, 0.1) is 16.6 Å². The molecule has 2 atom stereocenters. The third-order valence-corrected chi connectivity index (χ3v) is 7.80. The quantitative estimate of drug-likeness (QED) is 0.583. The van der Waals surface area contributed by atoms with Gasteiger partial charge < -0.3 is 34.5 Å². The Bertz CT molecular complexity index is 1280. The number of likely N-dealkylation sites (N-methyl/N-ethyl adjacent to an activating group) is 1. The van der Waals surface area contributed by atoms with Gasteiger partial charge in [0, 0.05) is 45.3 Å². The van der Waals surface area contributed by atoms with Gasteiger partial charge in [-0.25, -0.2) is 14.2 Å². The fourth-order valence-electron chi connectivity index (χ4n) is 5.21. The number of benzene rings is 1. The van der Waals surface area contributed by atoms with Crippen LogP contribution in [0.1, 0.15) is 17.3 Å². The van der Waals surface area contributed by atoms with Gasteiger partial charge in [0.25, 0.3) is 5.91 Å². The lowest BCUT2D eigenvalue weighted by Crippen LogP contribution is -2.57. The average Bonchev–Trinajstić information content (AvgIpc) is 3.00. The number of phenols is 1. The van der Waals surface area contributed by atoms with Crippen molar-refractivity contribution in [1.82, 2.24) is 19.7 Å². The first kappa shape index (κ1) is 25.6. The fourth-order valence-corrected chi connectivity index (χ4v) is 5.66. The van der Waals surface area contributed by atoms with Gasteiger partial charge in [-0.1, -0.05) is 23.2 Å². The molecule has 3 aliphatic heterocycles. The molecular weight excluding hydrogens is 528 g/mol. The van der Waals surface area contributed by atoms with Gasteiger partial charge in [0.2, 0.25) is 0 Å². The van der Waals surface area contributed by atoms with E-state index in [1.54, 1.807) is 4.90 Å². The fraction of sp³-hybridized carbons (Fsp3) is 0.458. The number of hydrogen-bond donors (Lipinski definition) is 2. The summed E-state index contributed by atoms with van der Waals surface area (Å²) < 4.78 is 21.1. The van der Waals surface area contributed by atoms with Crippen molar-refractivity contribution in [1.29, 1.82) is 0 Å². The normalized spacial score (nSPS) is 22.3. The summed E-state index contributed by atoms with van der Waals surface area (Å²) in [6.07, 6.45) is -1.07. The van der Waals surface area contributed by atoms with E-state index < -0.39 is 23.7 Å². The molecule has 198 valence electrons. The number of halogens is 3. The first-order valence-electron chi connectivity index (χ1n) is 11.9. The molecule has 3 aliphatic rings. The standard InChI is InChI=1S/C24H26Cl2FN5O5/c1-12-9-29(2)5-7-31(12)22-17-21(18(26)19(28-22)16-15(27)4-3-14(25)20(16)33)37-11-13-10-30(24(35)36)6-8-32(13)23(17)34/h3-4,12-13,33H,5-11H2,1-2H3,(H,35,36)/t12?,13-/m1/s1. The molecule has 2 N–H and O–H groups in total. The Labute approximate surface area is 222 Å². The number of amides is 2. The summed E-state index contributed by atoms with van der Waals surface area (Å²) in [6.45, 7) is 4.32. The molecule has 13 heteroatoms. The van der Waals surface area contributed by atoms with Gasteiger partial charge in [-0.2, -0.15) is 0 Å². The summed E-state index contributed by atoms with van der Waals surface area (Å²) in [4.78, 5) is 37.1. The van der Waals surface area contributed by atoms with Gasteiger partial charge in [0.1, 0.15) is 40.3 Å². The van der Waals surface area contributed by atoms with Crippen LogP contribution in [0.4, 0.5) is 15.0 Å². The highest BCUT2D eigenvalue weighted by atomic mass is 35.5. The summed E-state index contributed by atoms with van der Waals surface area (Å²) in [6, 6.07) is 1.73. The molecule has 1 unspecified atom stereocenters. The second-order valence-electron chi connectivity index (χ2n) is 9.55. The number of nitrogens with zero attached hydrogens (tertiary/aromatic N) is 5. The molecule has 2 amide bonds. The van der Waals surface area contributed by atoms with Crippen LogP contribution >= 0.6 is 23.2 Å². The molecule has 0 aliphatic carbocycles. The van der Waals surface area contributed by atoms with E-state index in [2.05, 4.69) is 9.88 Å². The van der Waals surface area contributed by atoms with Crippen molar-refractivity contribution in [2.45, 2.75) is 19.0 Å². The van der Waals surface area contributed by atoms with Crippen molar-refractivity contribution >= 4 is 41.0 Å². The van der Waals surface area contributed by atoms with Gasteiger partial charge in [-0.05, 0) is 26.1 Å². The van der Waals surface area contributed by atoms with Crippen LogP contribution in [0.2, 0.25) is 10.0 Å².